The first-order valence-corrected chi connectivity index (χ1v) is 23.6. The van der Waals surface area contributed by atoms with Crippen molar-refractivity contribution in [2.75, 3.05) is 0 Å². The summed E-state index contributed by atoms with van der Waals surface area (Å²) in [5.74, 6) is 0. The number of rotatable bonds is 14. The minimum Gasteiger partial charge on any atom is -0.0654 e. The molecule has 11 rings (SSSR count). The number of aryl methyl sites for hydroxylation is 2. The molecule has 4 aliphatic rings. The normalized spacial score (nSPS) is 14.7. The molecule has 4 aliphatic carbocycles. The lowest BCUT2D eigenvalue weighted by atomic mass is 9.68. The van der Waals surface area contributed by atoms with Crippen LogP contribution >= 0.6 is 0 Å². The Hall–Kier alpha value is -5.46. The molecule has 0 heterocycles. The smallest absolute Gasteiger partial charge is 0.0654 e. The Morgan fingerprint density at radius 1 is 0.267 bits per heavy atom. The molecule has 0 N–H and O–H groups in total. The van der Waals surface area contributed by atoms with Crippen molar-refractivity contribution in [1.29, 1.82) is 0 Å². The maximum absolute atomic E-state index is 2.70. The minimum absolute atomic E-state index is 0.372. The maximum Gasteiger partial charge on any atom is 0.0725 e. The molecule has 0 amide bonds. The van der Waals surface area contributed by atoms with Gasteiger partial charge in [0.05, 0.1) is 10.8 Å². The molecular formula is C60H58. The van der Waals surface area contributed by atoms with Crippen molar-refractivity contribution < 1.29 is 0 Å². The van der Waals surface area contributed by atoms with Gasteiger partial charge in [0.15, 0.2) is 0 Å². The number of benzene rings is 7. The SMILES string of the molecule is CCCCCCCCc1ccc2c(c1)-c1cc3c(cc1C21c2ccccc2-c2ccccc21)-c1cc(CCCCCCCC)ccc1C31c2ccccc2-c2ccccc21. The van der Waals surface area contributed by atoms with Crippen LogP contribution in [0.25, 0.3) is 44.5 Å². The quantitative estimate of drug-likeness (QED) is 0.0965. The molecule has 0 radical (unpaired) electrons. The average molecular weight is 779 g/mol. The number of unbranched alkanes of at least 4 members (excludes halogenated alkanes) is 10. The molecule has 0 unspecified atom stereocenters. The van der Waals surface area contributed by atoms with E-state index in [-0.39, 0.29) is 10.8 Å². The van der Waals surface area contributed by atoms with Crippen LogP contribution in [-0.4, -0.2) is 0 Å². The van der Waals surface area contributed by atoms with E-state index < -0.39 is 0 Å². The fraction of sp³-hybridized carbons (Fsp3) is 0.300. The monoisotopic (exact) mass is 778 g/mol. The maximum atomic E-state index is 2.70. The van der Waals surface area contributed by atoms with Crippen molar-refractivity contribution in [2.24, 2.45) is 0 Å². The summed E-state index contributed by atoms with van der Waals surface area (Å²) >= 11 is 0. The van der Waals surface area contributed by atoms with Gasteiger partial charge in [-0.25, -0.2) is 0 Å². The van der Waals surface area contributed by atoms with E-state index in [1.807, 2.05) is 0 Å². The van der Waals surface area contributed by atoms with Gasteiger partial charge in [0.1, 0.15) is 0 Å². The molecular weight excluding hydrogens is 721 g/mol. The molecule has 0 fully saturated rings. The first-order valence-electron chi connectivity index (χ1n) is 23.6. The second-order valence-electron chi connectivity index (χ2n) is 18.4. The largest absolute Gasteiger partial charge is 0.0725 e. The Kier molecular flexibility index (Phi) is 9.52. The molecule has 0 atom stereocenters. The summed E-state index contributed by atoms with van der Waals surface area (Å²) in [6.07, 6.45) is 18.1. The third kappa shape index (κ3) is 5.42. The van der Waals surface area contributed by atoms with Crippen LogP contribution in [0.1, 0.15) is 147 Å². The Morgan fingerprint density at radius 2 is 0.567 bits per heavy atom. The van der Waals surface area contributed by atoms with Crippen molar-refractivity contribution in [2.45, 2.75) is 115 Å². The lowest BCUT2D eigenvalue weighted by Gasteiger charge is -2.32. The van der Waals surface area contributed by atoms with E-state index in [1.54, 1.807) is 0 Å². The number of hydrogen-bond donors (Lipinski definition) is 0. The van der Waals surface area contributed by atoms with E-state index in [2.05, 4.69) is 159 Å². The van der Waals surface area contributed by atoms with Gasteiger partial charge in [-0.05, 0) is 138 Å². The predicted octanol–water partition coefficient (Wildman–Crippen LogP) is 16.2. The van der Waals surface area contributed by atoms with Crippen LogP contribution in [0.2, 0.25) is 0 Å². The van der Waals surface area contributed by atoms with Crippen LogP contribution < -0.4 is 0 Å². The third-order valence-corrected chi connectivity index (χ3v) is 15.1. The van der Waals surface area contributed by atoms with Crippen LogP contribution in [0.15, 0.2) is 146 Å². The van der Waals surface area contributed by atoms with Crippen LogP contribution in [0, 0.1) is 0 Å². The molecule has 0 bridgehead atoms. The molecule has 2 spiro atoms. The highest BCUT2D eigenvalue weighted by atomic mass is 14.6. The lowest BCUT2D eigenvalue weighted by Crippen LogP contribution is -2.27. The van der Waals surface area contributed by atoms with Gasteiger partial charge in [0.2, 0.25) is 0 Å². The van der Waals surface area contributed by atoms with Gasteiger partial charge < -0.3 is 0 Å². The first kappa shape index (κ1) is 37.5. The van der Waals surface area contributed by atoms with E-state index >= 15 is 0 Å². The molecule has 0 saturated heterocycles. The van der Waals surface area contributed by atoms with E-state index in [9.17, 15) is 0 Å². The fourth-order valence-electron chi connectivity index (χ4n) is 12.4. The van der Waals surface area contributed by atoms with Gasteiger partial charge in [-0.3, -0.25) is 0 Å². The van der Waals surface area contributed by atoms with Crippen molar-refractivity contribution in [3.63, 3.8) is 0 Å². The molecule has 0 heteroatoms. The molecule has 7 aromatic carbocycles. The number of hydrogen-bond acceptors (Lipinski definition) is 0. The van der Waals surface area contributed by atoms with Crippen LogP contribution in [-0.2, 0) is 23.7 Å². The summed E-state index contributed by atoms with van der Waals surface area (Å²) in [6.45, 7) is 4.62. The van der Waals surface area contributed by atoms with Gasteiger partial charge in [0.25, 0.3) is 0 Å². The Labute approximate surface area is 358 Å². The second kappa shape index (κ2) is 15.2. The standard InChI is InChI=1S/C60H58/c1-3-5-7-9-11-13-23-41-33-35-55-47(37-41)49-39-58-50(40-57(49)59(55)51-29-19-15-25-43(51)44-26-16-20-30-52(44)59)48-38-42(24-14-12-10-8-6-4-2)34-36-56(48)60(58)53-31-21-17-27-45(53)46-28-18-22-32-54(46)60/h15-22,25-40H,3-14,23-24H2,1-2H3. The van der Waals surface area contributed by atoms with Gasteiger partial charge in [-0.1, -0.05) is 212 Å². The van der Waals surface area contributed by atoms with Gasteiger partial charge in [-0.2, -0.15) is 0 Å². The highest BCUT2D eigenvalue weighted by Crippen LogP contribution is 2.68. The average Bonchev–Trinajstić information content (AvgIpc) is 3.96. The Bertz CT molecular complexity index is 2480. The Balaban J connectivity index is 1.14. The van der Waals surface area contributed by atoms with Gasteiger partial charge in [-0.15, -0.1) is 0 Å². The van der Waals surface area contributed by atoms with Crippen LogP contribution in [0.3, 0.4) is 0 Å². The number of fused-ring (bicyclic) bond motifs is 20. The summed E-state index contributed by atoms with van der Waals surface area (Å²) in [5, 5.41) is 0. The zero-order valence-corrected chi connectivity index (χ0v) is 35.8. The summed E-state index contributed by atoms with van der Waals surface area (Å²) in [7, 11) is 0. The predicted molar refractivity (Wildman–Crippen MR) is 253 cm³/mol. The summed E-state index contributed by atoms with van der Waals surface area (Å²) in [4.78, 5) is 0. The van der Waals surface area contributed by atoms with E-state index in [0.29, 0.717) is 0 Å². The zero-order valence-electron chi connectivity index (χ0n) is 35.8. The highest BCUT2D eigenvalue weighted by Gasteiger charge is 2.56. The van der Waals surface area contributed by atoms with Crippen molar-refractivity contribution in [3.05, 3.63) is 201 Å². The third-order valence-electron chi connectivity index (χ3n) is 15.1. The molecule has 0 saturated carbocycles. The molecule has 0 aliphatic heterocycles. The summed E-state index contributed by atoms with van der Waals surface area (Å²) < 4.78 is 0. The van der Waals surface area contributed by atoms with E-state index in [1.165, 1.54) is 177 Å². The Morgan fingerprint density at radius 3 is 0.933 bits per heavy atom. The highest BCUT2D eigenvalue weighted by molar-refractivity contribution is 6.01. The minimum atomic E-state index is -0.372. The van der Waals surface area contributed by atoms with Crippen LogP contribution in [0.5, 0.6) is 0 Å². The van der Waals surface area contributed by atoms with Crippen molar-refractivity contribution >= 4 is 0 Å². The zero-order chi connectivity index (χ0) is 40.3. The first-order chi connectivity index (χ1) is 29.7. The topological polar surface area (TPSA) is 0 Å². The molecule has 7 aromatic rings. The van der Waals surface area contributed by atoms with Gasteiger partial charge in [0, 0.05) is 0 Å². The summed E-state index contributed by atoms with van der Waals surface area (Å²) in [5.41, 5.74) is 24.9. The second-order valence-corrected chi connectivity index (χ2v) is 18.4. The molecule has 60 heavy (non-hydrogen) atoms. The van der Waals surface area contributed by atoms with Crippen molar-refractivity contribution in [1.82, 2.24) is 0 Å². The fourth-order valence-corrected chi connectivity index (χ4v) is 12.4. The van der Waals surface area contributed by atoms with Crippen molar-refractivity contribution in [3.8, 4) is 44.5 Å². The molecule has 0 nitrogen and oxygen atoms in total. The van der Waals surface area contributed by atoms with Crippen LogP contribution in [0.4, 0.5) is 0 Å². The van der Waals surface area contributed by atoms with E-state index in [4.69, 9.17) is 0 Å². The van der Waals surface area contributed by atoms with Gasteiger partial charge >= 0.3 is 0 Å². The molecule has 298 valence electrons. The summed E-state index contributed by atoms with van der Waals surface area (Å²) in [6, 6.07) is 57.9. The molecule has 0 aromatic heterocycles. The van der Waals surface area contributed by atoms with E-state index in [0.717, 1.165) is 12.8 Å². The lowest BCUT2D eigenvalue weighted by molar-refractivity contribution is 0.607.